The predicted molar refractivity (Wildman–Crippen MR) is 85.8 cm³/mol. The third kappa shape index (κ3) is 3.35. The van der Waals surface area contributed by atoms with Crippen LogP contribution in [0.5, 0.6) is 0 Å². The molecule has 0 aromatic carbocycles. The Morgan fingerprint density at radius 3 is 2.14 bits per heavy atom. The van der Waals surface area contributed by atoms with Gasteiger partial charge in [0.15, 0.2) is 5.82 Å². The molecule has 2 aromatic heterocycles. The molecule has 1 N–H and O–H groups in total. The van der Waals surface area contributed by atoms with Gasteiger partial charge in [0.1, 0.15) is 11.3 Å². The van der Waals surface area contributed by atoms with Crippen LogP contribution >= 0.6 is 11.6 Å². The van der Waals surface area contributed by atoms with E-state index in [2.05, 4.69) is 20.4 Å². The summed E-state index contributed by atoms with van der Waals surface area (Å²) in [7, 11) is 0. The number of alkyl halides is 7. The summed E-state index contributed by atoms with van der Waals surface area (Å²) in [6.45, 7) is 1.61. The van der Waals surface area contributed by atoms with Crippen molar-refractivity contribution in [2.24, 2.45) is 5.92 Å². The fraction of sp³-hybridized carbons (Fsp3) is 0.667. The molecule has 0 spiro atoms. The third-order valence-corrected chi connectivity index (χ3v) is 5.44. The number of aryl methyl sites for hydroxylation is 1. The quantitative estimate of drug-likeness (QED) is 0.700. The summed E-state index contributed by atoms with van der Waals surface area (Å²) in [4.78, 5) is 8.02. The highest BCUT2D eigenvalue weighted by atomic mass is 35.5. The Balaban J connectivity index is 1.78. The fourth-order valence-electron chi connectivity index (χ4n) is 3.51. The van der Waals surface area contributed by atoms with Crippen molar-refractivity contribution in [1.82, 2.24) is 19.6 Å². The van der Waals surface area contributed by atoms with E-state index in [9.17, 15) is 30.7 Å². The molecule has 2 aromatic rings. The highest BCUT2D eigenvalue weighted by Gasteiger charge is 2.75. The zero-order chi connectivity index (χ0) is 20.9. The van der Waals surface area contributed by atoms with Gasteiger partial charge in [0.25, 0.3) is 5.78 Å². The molecule has 28 heavy (non-hydrogen) atoms. The number of halogens is 8. The monoisotopic (exact) mass is 433 g/mol. The molecule has 0 bridgehead atoms. The average molecular weight is 434 g/mol. The topological polar surface area (TPSA) is 55.1 Å². The van der Waals surface area contributed by atoms with Crippen molar-refractivity contribution in [1.29, 1.82) is 0 Å². The van der Waals surface area contributed by atoms with Crippen molar-refractivity contribution in [3.63, 3.8) is 0 Å². The number of fused-ring (bicyclic) bond motifs is 1. The van der Waals surface area contributed by atoms with Crippen molar-refractivity contribution < 1.29 is 30.7 Å². The van der Waals surface area contributed by atoms with Gasteiger partial charge in [-0.1, -0.05) is 11.6 Å². The zero-order valence-corrected chi connectivity index (χ0v) is 15.1. The minimum Gasteiger partial charge on any atom is -0.366 e. The fourth-order valence-corrected chi connectivity index (χ4v) is 3.69. The molecule has 1 saturated carbocycles. The molecule has 1 fully saturated rings. The van der Waals surface area contributed by atoms with E-state index in [4.69, 9.17) is 11.6 Å². The predicted octanol–water partition coefficient (Wildman–Crippen LogP) is 4.89. The van der Waals surface area contributed by atoms with Crippen LogP contribution in [0.4, 0.5) is 36.6 Å². The first kappa shape index (κ1) is 20.9. The number of hydrogen-bond acceptors (Lipinski definition) is 4. The average Bonchev–Trinajstić information content (AvgIpc) is 3.04. The van der Waals surface area contributed by atoms with E-state index >= 15 is 0 Å². The summed E-state index contributed by atoms with van der Waals surface area (Å²) in [5, 5.41) is 7.12. The number of aromatic nitrogens is 4. The Morgan fingerprint density at radius 2 is 1.61 bits per heavy atom. The molecule has 0 saturated heterocycles. The molecule has 1 aliphatic rings. The summed E-state index contributed by atoms with van der Waals surface area (Å²) in [5.74, 6) is -1.69. The van der Waals surface area contributed by atoms with Gasteiger partial charge in [0.2, 0.25) is 0 Å². The second-order valence-corrected chi connectivity index (χ2v) is 7.11. The zero-order valence-electron chi connectivity index (χ0n) is 14.4. The lowest BCUT2D eigenvalue weighted by atomic mass is 9.75. The van der Waals surface area contributed by atoms with E-state index in [1.54, 1.807) is 6.92 Å². The van der Waals surface area contributed by atoms with Crippen LogP contribution < -0.4 is 5.32 Å². The van der Waals surface area contributed by atoms with Crippen LogP contribution in [0.3, 0.4) is 0 Å². The molecule has 0 atom stereocenters. The van der Waals surface area contributed by atoms with E-state index in [-0.39, 0.29) is 29.5 Å². The van der Waals surface area contributed by atoms with Gasteiger partial charge in [-0.3, -0.25) is 0 Å². The molecule has 0 amide bonds. The lowest BCUT2D eigenvalue weighted by Gasteiger charge is -2.40. The molecule has 156 valence electrons. The first-order chi connectivity index (χ1) is 12.9. The van der Waals surface area contributed by atoms with Gasteiger partial charge in [-0.15, -0.1) is 0 Å². The van der Waals surface area contributed by atoms with Gasteiger partial charge in [-0.05, 0) is 32.6 Å². The Bertz CT molecular complexity index is 841. The molecule has 2 heterocycles. The van der Waals surface area contributed by atoms with Crippen LogP contribution in [0.1, 0.15) is 31.4 Å². The highest BCUT2D eigenvalue weighted by Crippen LogP contribution is 2.54. The molecule has 0 radical (unpaired) electrons. The van der Waals surface area contributed by atoms with Gasteiger partial charge in [0, 0.05) is 12.0 Å². The van der Waals surface area contributed by atoms with Gasteiger partial charge in [-0.25, -0.2) is 9.37 Å². The molecule has 5 nitrogen and oxygen atoms in total. The number of rotatable bonds is 3. The van der Waals surface area contributed by atoms with Crippen LogP contribution in [0.15, 0.2) is 6.33 Å². The summed E-state index contributed by atoms with van der Waals surface area (Å²) in [6.07, 6.45) is -12.2. The molecule has 3 rings (SSSR count). The molecule has 0 unspecified atom stereocenters. The first-order valence-electron chi connectivity index (χ1n) is 8.31. The maximum atomic E-state index is 14.2. The van der Waals surface area contributed by atoms with E-state index in [0.717, 1.165) is 0 Å². The van der Waals surface area contributed by atoms with Crippen molar-refractivity contribution >= 4 is 23.2 Å². The van der Waals surface area contributed by atoms with Crippen molar-refractivity contribution in [2.45, 2.75) is 56.7 Å². The van der Waals surface area contributed by atoms with Crippen LogP contribution in [0.2, 0.25) is 5.02 Å². The second kappa shape index (κ2) is 6.89. The van der Waals surface area contributed by atoms with Gasteiger partial charge >= 0.3 is 18.0 Å². The molecule has 1 aliphatic carbocycles. The summed E-state index contributed by atoms with van der Waals surface area (Å²) >= 11 is 6.20. The van der Waals surface area contributed by atoms with E-state index in [0.29, 0.717) is 5.69 Å². The normalized spacial score (nSPS) is 21.9. The number of hydrogen-bond donors (Lipinski definition) is 1. The van der Waals surface area contributed by atoms with E-state index < -0.39 is 42.8 Å². The molecule has 13 heteroatoms. The van der Waals surface area contributed by atoms with Crippen molar-refractivity contribution in [3.8, 4) is 0 Å². The Hall–Kier alpha value is -1.85. The molecule has 0 aliphatic heterocycles. The second-order valence-electron chi connectivity index (χ2n) is 6.73. The van der Waals surface area contributed by atoms with Crippen molar-refractivity contribution in [2.75, 3.05) is 5.32 Å². The highest BCUT2D eigenvalue weighted by molar-refractivity contribution is 6.33. The van der Waals surface area contributed by atoms with E-state index in [1.807, 2.05) is 0 Å². The van der Waals surface area contributed by atoms with Gasteiger partial charge in [0.05, 0.1) is 5.69 Å². The van der Waals surface area contributed by atoms with Crippen LogP contribution in [-0.2, 0) is 0 Å². The van der Waals surface area contributed by atoms with Gasteiger partial charge < -0.3 is 5.32 Å². The Morgan fingerprint density at radius 1 is 1.04 bits per heavy atom. The van der Waals surface area contributed by atoms with Crippen LogP contribution in [0.25, 0.3) is 5.78 Å². The minimum absolute atomic E-state index is 0.101. The maximum Gasteiger partial charge on any atom is 0.431 e. The standard InChI is InChI=1S/C15H15ClF7N5/c1-7-10(16)11(28-12(26-7)24-6-25-28)27-9-4-2-8(3-5-9)13(17,14(18,19)20)15(21,22)23/h6,8-9,27H,2-5H2,1H3. The molecular weight excluding hydrogens is 419 g/mol. The Kier molecular flexibility index (Phi) is 5.13. The lowest BCUT2D eigenvalue weighted by molar-refractivity contribution is -0.360. The largest absolute Gasteiger partial charge is 0.431 e. The van der Waals surface area contributed by atoms with E-state index in [1.165, 1.54) is 10.8 Å². The summed E-state index contributed by atoms with van der Waals surface area (Å²) < 4.78 is 93.0. The maximum absolute atomic E-state index is 14.2. The summed E-state index contributed by atoms with van der Waals surface area (Å²) in [6, 6.07) is -0.506. The Labute approximate surface area is 159 Å². The molecular formula is C15H15ClF7N5. The first-order valence-corrected chi connectivity index (χ1v) is 8.68. The summed E-state index contributed by atoms with van der Waals surface area (Å²) in [5.41, 5.74) is -4.80. The SMILES string of the molecule is Cc1nc2ncnn2c(NC2CCC(C(F)(C(F)(F)F)C(F)(F)F)CC2)c1Cl. The minimum atomic E-state index is -6.03. The number of anilines is 1. The van der Waals surface area contributed by atoms with Crippen LogP contribution in [-0.4, -0.2) is 43.6 Å². The lowest BCUT2D eigenvalue weighted by Crippen LogP contribution is -2.59. The number of nitrogens with zero attached hydrogens (tertiary/aromatic N) is 4. The smallest absolute Gasteiger partial charge is 0.366 e. The van der Waals surface area contributed by atoms with Crippen molar-refractivity contribution in [3.05, 3.63) is 17.0 Å². The third-order valence-electron chi connectivity index (χ3n) is 4.99. The van der Waals surface area contributed by atoms with Gasteiger partial charge in [-0.2, -0.15) is 40.9 Å². The number of nitrogens with one attached hydrogen (secondary N) is 1. The van der Waals surface area contributed by atoms with Crippen LogP contribution in [0, 0.1) is 12.8 Å².